The Balaban J connectivity index is 1.89. The van der Waals surface area contributed by atoms with E-state index in [2.05, 4.69) is 40.4 Å². The van der Waals surface area contributed by atoms with Gasteiger partial charge in [0.25, 0.3) is 0 Å². The van der Waals surface area contributed by atoms with Gasteiger partial charge in [0.05, 0.1) is 11.4 Å². The maximum Gasteiger partial charge on any atom is 0.0643 e. The summed E-state index contributed by atoms with van der Waals surface area (Å²) in [4.78, 5) is 5.14. The van der Waals surface area contributed by atoms with Crippen molar-refractivity contribution in [2.45, 2.75) is 24.8 Å². The molecule has 1 saturated heterocycles. The van der Waals surface area contributed by atoms with Gasteiger partial charge in [-0.3, -0.25) is 0 Å². The maximum atomic E-state index is 3.57. The molecule has 3 aliphatic rings. The van der Waals surface area contributed by atoms with Crippen LogP contribution in [0, 0.1) is 0 Å². The smallest absolute Gasteiger partial charge is 0.0643 e. The van der Waals surface area contributed by atoms with Crippen LogP contribution in [0.15, 0.2) is 18.2 Å². The zero-order valence-corrected chi connectivity index (χ0v) is 11.0. The molecular weight excluding hydrogens is 222 g/mol. The van der Waals surface area contributed by atoms with Crippen LogP contribution in [-0.2, 0) is 0 Å². The van der Waals surface area contributed by atoms with Crippen LogP contribution in [0.1, 0.15) is 24.3 Å². The molecule has 1 fully saturated rings. The van der Waals surface area contributed by atoms with Crippen molar-refractivity contribution >= 4 is 11.4 Å². The molecule has 0 radical (unpaired) electrons. The van der Waals surface area contributed by atoms with Crippen molar-refractivity contribution in [1.82, 2.24) is 5.32 Å². The molecule has 1 aromatic rings. The molecule has 0 aromatic heterocycles. The minimum atomic E-state index is 0.709. The first-order chi connectivity index (χ1) is 8.86. The summed E-state index contributed by atoms with van der Waals surface area (Å²) in [6.07, 6.45) is 2.57. The molecule has 0 saturated carbocycles. The van der Waals surface area contributed by atoms with Crippen LogP contribution in [0.5, 0.6) is 0 Å². The molecule has 1 aromatic carbocycles. The van der Waals surface area contributed by atoms with Crippen molar-refractivity contribution in [3.8, 4) is 0 Å². The number of piperidine rings is 1. The van der Waals surface area contributed by atoms with E-state index in [0.717, 1.165) is 12.6 Å². The lowest BCUT2D eigenvalue weighted by Crippen LogP contribution is -2.44. The van der Waals surface area contributed by atoms with Crippen molar-refractivity contribution in [3.05, 3.63) is 23.8 Å². The summed E-state index contributed by atoms with van der Waals surface area (Å²) in [6, 6.07) is 7.63. The number of fused-ring (bicyclic) bond motifs is 3. The van der Waals surface area contributed by atoms with Crippen LogP contribution in [-0.4, -0.2) is 39.3 Å². The highest BCUT2D eigenvalue weighted by atomic mass is 15.3. The predicted octanol–water partition coefficient (Wildman–Crippen LogP) is 1.79. The molecule has 3 heteroatoms. The fourth-order valence-corrected chi connectivity index (χ4v) is 4.05. The van der Waals surface area contributed by atoms with Gasteiger partial charge < -0.3 is 15.1 Å². The number of hydrogen-bond donors (Lipinski definition) is 1. The zero-order chi connectivity index (χ0) is 12.1. The summed E-state index contributed by atoms with van der Waals surface area (Å²) < 4.78 is 0. The molecule has 0 unspecified atom stereocenters. The molecule has 0 spiro atoms. The third-order valence-electron chi connectivity index (χ3n) is 4.88. The number of nitrogens with one attached hydrogen (secondary N) is 1. The van der Waals surface area contributed by atoms with Crippen LogP contribution in [0.3, 0.4) is 0 Å². The van der Waals surface area contributed by atoms with Gasteiger partial charge in [0.2, 0.25) is 0 Å². The van der Waals surface area contributed by atoms with Gasteiger partial charge >= 0.3 is 0 Å². The molecule has 1 N–H and O–H groups in total. The lowest BCUT2D eigenvalue weighted by Gasteiger charge is -2.33. The molecular formula is C15H21N3. The first kappa shape index (κ1) is 10.7. The number of anilines is 2. The fourth-order valence-electron chi connectivity index (χ4n) is 4.05. The summed E-state index contributed by atoms with van der Waals surface area (Å²) in [5.41, 5.74) is 4.56. The minimum Gasteiger partial charge on any atom is -0.373 e. The molecule has 2 atom stereocenters. The van der Waals surface area contributed by atoms with Crippen LogP contribution < -0.4 is 15.1 Å². The Labute approximate surface area is 109 Å². The molecule has 96 valence electrons. The van der Waals surface area contributed by atoms with Crippen molar-refractivity contribution in [1.29, 1.82) is 0 Å². The highest BCUT2D eigenvalue weighted by Crippen LogP contribution is 2.48. The average molecular weight is 243 g/mol. The highest BCUT2D eigenvalue weighted by Gasteiger charge is 2.41. The Kier molecular flexibility index (Phi) is 2.31. The van der Waals surface area contributed by atoms with Crippen LogP contribution >= 0.6 is 0 Å². The van der Waals surface area contributed by atoms with Gasteiger partial charge in [0, 0.05) is 38.6 Å². The first-order valence-corrected chi connectivity index (χ1v) is 7.17. The Bertz CT molecular complexity index is 471. The van der Waals surface area contributed by atoms with Crippen molar-refractivity contribution in [3.63, 3.8) is 0 Å². The third kappa shape index (κ3) is 1.34. The number of benzene rings is 1. The van der Waals surface area contributed by atoms with E-state index < -0.39 is 0 Å². The monoisotopic (exact) mass is 243 g/mol. The first-order valence-electron chi connectivity index (χ1n) is 7.17. The molecule has 18 heavy (non-hydrogen) atoms. The quantitative estimate of drug-likeness (QED) is 0.749. The molecule has 3 aliphatic heterocycles. The van der Waals surface area contributed by atoms with Crippen molar-refractivity contribution in [2.24, 2.45) is 0 Å². The minimum absolute atomic E-state index is 0.709. The van der Waals surface area contributed by atoms with Crippen LogP contribution in [0.4, 0.5) is 11.4 Å². The van der Waals surface area contributed by atoms with E-state index in [4.69, 9.17) is 0 Å². The molecule has 3 nitrogen and oxygen atoms in total. The van der Waals surface area contributed by atoms with E-state index in [9.17, 15) is 0 Å². The molecule has 3 heterocycles. The summed E-state index contributed by atoms with van der Waals surface area (Å²) in [5, 5.41) is 3.57. The summed E-state index contributed by atoms with van der Waals surface area (Å²) in [5.74, 6) is 0.709. The second-order valence-electron chi connectivity index (χ2n) is 5.85. The van der Waals surface area contributed by atoms with Gasteiger partial charge in [-0.2, -0.15) is 0 Å². The normalized spacial score (nSPS) is 29.8. The summed E-state index contributed by atoms with van der Waals surface area (Å²) >= 11 is 0. The number of hydrogen-bond acceptors (Lipinski definition) is 3. The number of rotatable bonds is 0. The van der Waals surface area contributed by atoms with Crippen LogP contribution in [0.25, 0.3) is 0 Å². The standard InChI is InChI=1S/C15H21N3/c1-17-8-3-9-18-13-6-7-16-10-12(13)11-4-2-5-14(17)15(11)18/h2,4-5,12-13,16H,3,6-10H2,1H3/t12-,13-/m0/s1. The van der Waals surface area contributed by atoms with Gasteiger partial charge in [-0.05, 0) is 31.0 Å². The second-order valence-corrected chi connectivity index (χ2v) is 5.85. The third-order valence-corrected chi connectivity index (χ3v) is 4.88. The summed E-state index contributed by atoms with van der Waals surface area (Å²) in [7, 11) is 2.24. The lowest BCUT2D eigenvalue weighted by atomic mass is 9.90. The Morgan fingerprint density at radius 3 is 3.17 bits per heavy atom. The Hall–Kier alpha value is -1.22. The number of para-hydroxylation sites is 1. The predicted molar refractivity (Wildman–Crippen MR) is 75.7 cm³/mol. The maximum absolute atomic E-state index is 3.57. The van der Waals surface area contributed by atoms with E-state index in [1.807, 2.05) is 0 Å². The van der Waals surface area contributed by atoms with Crippen LogP contribution in [0.2, 0.25) is 0 Å². The Morgan fingerprint density at radius 1 is 1.28 bits per heavy atom. The van der Waals surface area contributed by atoms with Gasteiger partial charge in [-0.15, -0.1) is 0 Å². The summed E-state index contributed by atoms with van der Waals surface area (Å²) in [6.45, 7) is 4.75. The van der Waals surface area contributed by atoms with Crippen molar-refractivity contribution < 1.29 is 0 Å². The molecule has 0 amide bonds. The van der Waals surface area contributed by atoms with E-state index >= 15 is 0 Å². The van der Waals surface area contributed by atoms with E-state index in [-0.39, 0.29) is 0 Å². The second kappa shape index (κ2) is 3.89. The molecule has 4 rings (SSSR count). The average Bonchev–Trinajstić information content (AvgIpc) is 2.63. The fraction of sp³-hybridized carbons (Fsp3) is 0.600. The van der Waals surface area contributed by atoms with Gasteiger partial charge in [-0.25, -0.2) is 0 Å². The van der Waals surface area contributed by atoms with Gasteiger partial charge in [0.1, 0.15) is 0 Å². The number of nitrogens with zero attached hydrogens (tertiary/aromatic N) is 2. The largest absolute Gasteiger partial charge is 0.373 e. The van der Waals surface area contributed by atoms with E-state index in [1.165, 1.54) is 43.9 Å². The SMILES string of the molecule is CN1CCCN2c3c(cccc31)[C@@H]1CNCC[C@@H]12. The highest BCUT2D eigenvalue weighted by molar-refractivity contribution is 5.79. The van der Waals surface area contributed by atoms with Gasteiger partial charge in [0.15, 0.2) is 0 Å². The lowest BCUT2D eigenvalue weighted by molar-refractivity contribution is 0.402. The topological polar surface area (TPSA) is 18.5 Å². The van der Waals surface area contributed by atoms with E-state index in [0.29, 0.717) is 5.92 Å². The Morgan fingerprint density at radius 2 is 2.22 bits per heavy atom. The molecule has 0 aliphatic carbocycles. The van der Waals surface area contributed by atoms with Gasteiger partial charge in [-0.1, -0.05) is 12.1 Å². The zero-order valence-electron chi connectivity index (χ0n) is 11.0. The molecule has 0 bridgehead atoms. The van der Waals surface area contributed by atoms with E-state index in [1.54, 1.807) is 5.56 Å². The van der Waals surface area contributed by atoms with Crippen molar-refractivity contribution in [2.75, 3.05) is 43.0 Å².